The molecule has 5 nitrogen and oxygen atoms in total. The molecule has 0 N–H and O–H groups in total. The van der Waals surface area contributed by atoms with E-state index in [2.05, 4.69) is 5.10 Å². The van der Waals surface area contributed by atoms with Gasteiger partial charge in [0.2, 0.25) is 6.54 Å². The summed E-state index contributed by atoms with van der Waals surface area (Å²) >= 11 is 0. The highest BCUT2D eigenvalue weighted by molar-refractivity contribution is 5.78. The molecule has 0 fully saturated rings. The Morgan fingerprint density at radius 2 is 2.00 bits per heavy atom. The van der Waals surface area contributed by atoms with E-state index in [1.54, 1.807) is 4.68 Å². The fraction of sp³-hybridized carbons (Fsp3) is 0.188. The second kappa shape index (κ2) is 5.36. The Bertz CT molecular complexity index is 781. The van der Waals surface area contributed by atoms with Gasteiger partial charge in [0.15, 0.2) is 0 Å². The molecule has 0 amide bonds. The Morgan fingerprint density at radius 3 is 2.71 bits per heavy atom. The average Bonchev–Trinajstić information content (AvgIpc) is 2.88. The molecule has 2 aromatic carbocycles. The summed E-state index contributed by atoms with van der Waals surface area (Å²) in [6.07, 6.45) is 1.88. The van der Waals surface area contributed by atoms with Crippen LogP contribution >= 0.6 is 0 Å². The predicted octanol–water partition coefficient (Wildman–Crippen LogP) is 3.21. The van der Waals surface area contributed by atoms with Gasteiger partial charge in [0.05, 0.1) is 5.52 Å². The van der Waals surface area contributed by atoms with Gasteiger partial charge in [-0.1, -0.05) is 42.0 Å². The van der Waals surface area contributed by atoms with Crippen molar-refractivity contribution in [1.82, 2.24) is 9.78 Å². The molecule has 0 saturated heterocycles. The lowest BCUT2D eigenvalue weighted by atomic mass is 10.1. The SMILES string of the molecule is Cc1ccc2nn([C@@H](C[N+](=O)[O-])c3ccccc3)cc2c1. The number of hydrogen-bond acceptors (Lipinski definition) is 3. The van der Waals surface area contributed by atoms with Crippen LogP contribution in [-0.2, 0) is 0 Å². The Balaban J connectivity index is 2.07. The van der Waals surface area contributed by atoms with Crippen LogP contribution in [-0.4, -0.2) is 21.2 Å². The van der Waals surface area contributed by atoms with E-state index < -0.39 is 6.04 Å². The van der Waals surface area contributed by atoms with E-state index in [9.17, 15) is 10.1 Å². The average molecular weight is 281 g/mol. The van der Waals surface area contributed by atoms with Gasteiger partial charge in [-0.2, -0.15) is 5.10 Å². The van der Waals surface area contributed by atoms with Crippen LogP contribution in [0.1, 0.15) is 17.2 Å². The highest BCUT2D eigenvalue weighted by Crippen LogP contribution is 2.22. The van der Waals surface area contributed by atoms with Crippen molar-refractivity contribution >= 4 is 10.9 Å². The predicted molar refractivity (Wildman–Crippen MR) is 80.9 cm³/mol. The number of aryl methyl sites for hydroxylation is 1. The molecule has 0 radical (unpaired) electrons. The first-order valence-electron chi connectivity index (χ1n) is 6.76. The van der Waals surface area contributed by atoms with Gasteiger partial charge < -0.3 is 0 Å². The fourth-order valence-electron chi connectivity index (χ4n) is 2.48. The summed E-state index contributed by atoms with van der Waals surface area (Å²) in [5.41, 5.74) is 2.89. The first-order chi connectivity index (χ1) is 10.1. The monoisotopic (exact) mass is 281 g/mol. The number of nitrogens with zero attached hydrogens (tertiary/aromatic N) is 3. The number of fused-ring (bicyclic) bond motifs is 1. The molecule has 0 aliphatic carbocycles. The van der Waals surface area contributed by atoms with Gasteiger partial charge in [-0.05, 0) is 24.6 Å². The molecule has 1 heterocycles. The third-order valence-electron chi connectivity index (χ3n) is 3.50. The van der Waals surface area contributed by atoms with E-state index in [4.69, 9.17) is 0 Å². The summed E-state index contributed by atoms with van der Waals surface area (Å²) in [6.45, 7) is 1.83. The molecule has 3 aromatic rings. The quantitative estimate of drug-likeness (QED) is 0.545. The van der Waals surface area contributed by atoms with E-state index in [0.29, 0.717) is 0 Å². The summed E-state index contributed by atoms with van der Waals surface area (Å²) in [5, 5.41) is 16.5. The third kappa shape index (κ3) is 2.76. The van der Waals surface area contributed by atoms with Gasteiger partial charge in [0, 0.05) is 16.5 Å². The van der Waals surface area contributed by atoms with Crippen molar-refractivity contribution in [2.75, 3.05) is 6.54 Å². The molecule has 5 heteroatoms. The minimum Gasteiger partial charge on any atom is -0.264 e. The van der Waals surface area contributed by atoms with Crippen LogP contribution in [0.5, 0.6) is 0 Å². The number of rotatable bonds is 4. The maximum Gasteiger partial charge on any atom is 0.230 e. The van der Waals surface area contributed by atoms with Gasteiger partial charge in [0.1, 0.15) is 6.04 Å². The number of benzene rings is 2. The number of nitro groups is 1. The molecule has 0 bridgehead atoms. The molecule has 1 atom stereocenters. The lowest BCUT2D eigenvalue weighted by Gasteiger charge is -2.13. The van der Waals surface area contributed by atoms with Crippen molar-refractivity contribution in [2.45, 2.75) is 13.0 Å². The number of aromatic nitrogens is 2. The lowest BCUT2D eigenvalue weighted by molar-refractivity contribution is -0.484. The zero-order chi connectivity index (χ0) is 14.8. The van der Waals surface area contributed by atoms with E-state index in [0.717, 1.165) is 22.0 Å². The molecule has 0 unspecified atom stereocenters. The van der Waals surface area contributed by atoms with E-state index in [1.807, 2.05) is 61.7 Å². The zero-order valence-corrected chi connectivity index (χ0v) is 11.6. The summed E-state index contributed by atoms with van der Waals surface area (Å²) < 4.78 is 1.70. The van der Waals surface area contributed by atoms with Gasteiger partial charge in [-0.25, -0.2) is 0 Å². The second-order valence-electron chi connectivity index (χ2n) is 5.11. The summed E-state index contributed by atoms with van der Waals surface area (Å²) in [4.78, 5) is 10.7. The van der Waals surface area contributed by atoms with Crippen molar-refractivity contribution < 1.29 is 4.92 Å². The molecule has 3 rings (SSSR count). The van der Waals surface area contributed by atoms with Crippen LogP contribution in [0.25, 0.3) is 10.9 Å². The molecule has 0 spiro atoms. The van der Waals surface area contributed by atoms with Crippen LogP contribution in [0.2, 0.25) is 0 Å². The fourth-order valence-corrected chi connectivity index (χ4v) is 2.48. The first-order valence-corrected chi connectivity index (χ1v) is 6.76. The standard InChI is InChI=1S/C16H15N3O2/c1-12-7-8-15-14(9-12)10-18(17-15)16(11-19(20)21)13-5-3-2-4-6-13/h2-10,16H,11H2,1H3/t16-/m0/s1. The molecular formula is C16H15N3O2. The van der Waals surface area contributed by atoms with E-state index >= 15 is 0 Å². The van der Waals surface area contributed by atoms with Crippen LogP contribution < -0.4 is 0 Å². The molecular weight excluding hydrogens is 266 g/mol. The smallest absolute Gasteiger partial charge is 0.230 e. The van der Waals surface area contributed by atoms with Crippen LogP contribution in [0.4, 0.5) is 0 Å². The molecule has 0 saturated carbocycles. The highest BCUT2D eigenvalue weighted by Gasteiger charge is 2.21. The third-order valence-corrected chi connectivity index (χ3v) is 3.50. The lowest BCUT2D eigenvalue weighted by Crippen LogP contribution is -2.20. The second-order valence-corrected chi connectivity index (χ2v) is 5.11. The van der Waals surface area contributed by atoms with Crippen LogP contribution in [0, 0.1) is 17.0 Å². The summed E-state index contributed by atoms with van der Waals surface area (Å²) in [6, 6.07) is 15.0. The van der Waals surface area contributed by atoms with Crippen LogP contribution in [0.3, 0.4) is 0 Å². The highest BCUT2D eigenvalue weighted by atomic mass is 16.6. The number of hydrogen-bond donors (Lipinski definition) is 0. The maximum absolute atomic E-state index is 11.0. The molecule has 0 aliphatic heterocycles. The molecule has 21 heavy (non-hydrogen) atoms. The van der Waals surface area contributed by atoms with Gasteiger partial charge >= 0.3 is 0 Å². The topological polar surface area (TPSA) is 61.0 Å². The largest absolute Gasteiger partial charge is 0.264 e. The van der Waals surface area contributed by atoms with E-state index in [1.165, 1.54) is 0 Å². The van der Waals surface area contributed by atoms with Crippen LogP contribution in [0.15, 0.2) is 54.7 Å². The summed E-state index contributed by atoms with van der Waals surface area (Å²) in [7, 11) is 0. The maximum atomic E-state index is 11.0. The van der Waals surface area contributed by atoms with Crippen molar-refractivity contribution in [3.8, 4) is 0 Å². The Hall–Kier alpha value is -2.69. The molecule has 106 valence electrons. The molecule has 1 aromatic heterocycles. The Labute approximate surface area is 122 Å². The minimum absolute atomic E-state index is 0.184. The van der Waals surface area contributed by atoms with Gasteiger partial charge in [-0.15, -0.1) is 0 Å². The Kier molecular flexibility index (Phi) is 3.39. The van der Waals surface area contributed by atoms with E-state index in [-0.39, 0.29) is 11.5 Å². The van der Waals surface area contributed by atoms with Crippen molar-refractivity contribution in [1.29, 1.82) is 0 Å². The van der Waals surface area contributed by atoms with Crippen molar-refractivity contribution in [2.24, 2.45) is 0 Å². The normalized spacial score (nSPS) is 12.4. The zero-order valence-electron chi connectivity index (χ0n) is 11.6. The molecule has 0 aliphatic rings. The van der Waals surface area contributed by atoms with Crippen molar-refractivity contribution in [3.63, 3.8) is 0 Å². The Morgan fingerprint density at radius 1 is 1.24 bits per heavy atom. The first kappa shape index (κ1) is 13.3. The van der Waals surface area contributed by atoms with Gasteiger partial charge in [0.25, 0.3) is 0 Å². The van der Waals surface area contributed by atoms with Crippen molar-refractivity contribution in [3.05, 3.63) is 76.0 Å². The van der Waals surface area contributed by atoms with Gasteiger partial charge in [-0.3, -0.25) is 14.8 Å². The minimum atomic E-state index is -0.395. The summed E-state index contributed by atoms with van der Waals surface area (Å²) in [5.74, 6) is 0.